The molecule has 0 spiro atoms. The van der Waals surface area contributed by atoms with Crippen LogP contribution in [0.2, 0.25) is 10.0 Å². The molecular formula is C15H21Cl2NO. The monoisotopic (exact) mass is 301 g/mol. The van der Waals surface area contributed by atoms with Crippen molar-refractivity contribution in [2.24, 2.45) is 5.41 Å². The lowest BCUT2D eigenvalue weighted by molar-refractivity contribution is -0.114. The van der Waals surface area contributed by atoms with E-state index in [-0.39, 0.29) is 5.41 Å². The fourth-order valence-corrected chi connectivity index (χ4v) is 3.24. The fraction of sp³-hybridized carbons (Fsp3) is 0.600. The summed E-state index contributed by atoms with van der Waals surface area (Å²) in [6.45, 7) is 8.11. The molecule has 1 aromatic carbocycles. The molecule has 0 radical (unpaired) electrons. The third-order valence-corrected chi connectivity index (χ3v) is 4.46. The van der Waals surface area contributed by atoms with Gasteiger partial charge in [-0.3, -0.25) is 0 Å². The molecular weight excluding hydrogens is 281 g/mol. The predicted octanol–water partition coefficient (Wildman–Crippen LogP) is 4.29. The van der Waals surface area contributed by atoms with Crippen molar-refractivity contribution in [1.82, 2.24) is 5.32 Å². The standard InChI is InChI=1S/C15H21Cl2NO/c1-4-19-14-8-13(15(14,2)3)18-9-10-5-11(16)7-12(17)6-10/h5-7,13-14,18H,4,8-9H2,1-3H3. The van der Waals surface area contributed by atoms with Gasteiger partial charge in [0.1, 0.15) is 0 Å². The third kappa shape index (κ3) is 3.43. The van der Waals surface area contributed by atoms with E-state index in [2.05, 4.69) is 19.2 Å². The highest BCUT2D eigenvalue weighted by Gasteiger charge is 2.48. The van der Waals surface area contributed by atoms with Gasteiger partial charge in [-0.2, -0.15) is 0 Å². The molecule has 0 bridgehead atoms. The maximum Gasteiger partial charge on any atom is 0.0655 e. The molecule has 1 N–H and O–H groups in total. The van der Waals surface area contributed by atoms with Gasteiger partial charge in [0, 0.05) is 34.7 Å². The number of hydrogen-bond acceptors (Lipinski definition) is 2. The number of hydrogen-bond donors (Lipinski definition) is 1. The van der Waals surface area contributed by atoms with Crippen LogP contribution in [0.25, 0.3) is 0 Å². The minimum absolute atomic E-state index is 0.179. The lowest BCUT2D eigenvalue weighted by Gasteiger charge is -2.52. The molecule has 1 saturated carbocycles. The van der Waals surface area contributed by atoms with Gasteiger partial charge in [-0.25, -0.2) is 0 Å². The summed E-state index contributed by atoms with van der Waals surface area (Å²) in [5.41, 5.74) is 1.30. The van der Waals surface area contributed by atoms with Gasteiger partial charge < -0.3 is 10.1 Å². The molecule has 0 aromatic heterocycles. The highest BCUT2D eigenvalue weighted by Crippen LogP contribution is 2.42. The average molecular weight is 302 g/mol. The van der Waals surface area contributed by atoms with E-state index < -0.39 is 0 Å². The van der Waals surface area contributed by atoms with Gasteiger partial charge in [0.2, 0.25) is 0 Å². The number of benzene rings is 1. The van der Waals surface area contributed by atoms with Crippen LogP contribution in [0.3, 0.4) is 0 Å². The van der Waals surface area contributed by atoms with E-state index >= 15 is 0 Å². The highest BCUT2D eigenvalue weighted by molar-refractivity contribution is 6.34. The van der Waals surface area contributed by atoms with E-state index in [9.17, 15) is 0 Å². The summed E-state index contributed by atoms with van der Waals surface area (Å²) in [6.07, 6.45) is 1.42. The van der Waals surface area contributed by atoms with Crippen molar-refractivity contribution in [3.63, 3.8) is 0 Å². The first-order valence-corrected chi connectivity index (χ1v) is 7.49. The molecule has 1 fully saturated rings. The fourth-order valence-electron chi connectivity index (χ4n) is 2.67. The van der Waals surface area contributed by atoms with Gasteiger partial charge in [0.15, 0.2) is 0 Å². The Labute approximate surface area is 125 Å². The maximum absolute atomic E-state index is 6.00. The van der Waals surface area contributed by atoms with Crippen molar-refractivity contribution in [1.29, 1.82) is 0 Å². The maximum atomic E-state index is 6.00. The van der Waals surface area contributed by atoms with E-state index in [1.54, 1.807) is 6.07 Å². The minimum Gasteiger partial charge on any atom is -0.378 e. The molecule has 106 valence electrons. The van der Waals surface area contributed by atoms with Crippen LogP contribution in [-0.4, -0.2) is 18.8 Å². The summed E-state index contributed by atoms with van der Waals surface area (Å²) in [5.74, 6) is 0. The number of halogens is 2. The van der Waals surface area contributed by atoms with Crippen LogP contribution >= 0.6 is 23.2 Å². The molecule has 1 aliphatic rings. The quantitative estimate of drug-likeness (QED) is 0.876. The Bertz CT molecular complexity index is 428. The largest absolute Gasteiger partial charge is 0.378 e. The van der Waals surface area contributed by atoms with Crippen LogP contribution in [0.4, 0.5) is 0 Å². The van der Waals surface area contributed by atoms with E-state index in [1.165, 1.54) is 0 Å². The number of nitrogens with one attached hydrogen (secondary N) is 1. The first-order valence-electron chi connectivity index (χ1n) is 6.73. The second-order valence-corrected chi connectivity index (χ2v) is 6.59. The smallest absolute Gasteiger partial charge is 0.0655 e. The molecule has 0 amide bonds. The summed E-state index contributed by atoms with van der Waals surface area (Å²) >= 11 is 12.0. The second kappa shape index (κ2) is 6.01. The summed E-state index contributed by atoms with van der Waals surface area (Å²) in [5, 5.41) is 4.94. The molecule has 2 rings (SSSR count). The topological polar surface area (TPSA) is 21.3 Å². The van der Waals surface area contributed by atoms with Crippen LogP contribution in [0, 0.1) is 5.41 Å². The molecule has 0 saturated heterocycles. The molecule has 2 nitrogen and oxygen atoms in total. The van der Waals surface area contributed by atoms with Gasteiger partial charge >= 0.3 is 0 Å². The Hall–Kier alpha value is -0.280. The zero-order chi connectivity index (χ0) is 14.0. The Morgan fingerprint density at radius 2 is 1.89 bits per heavy atom. The van der Waals surface area contributed by atoms with Crippen LogP contribution in [-0.2, 0) is 11.3 Å². The minimum atomic E-state index is 0.179. The highest BCUT2D eigenvalue weighted by atomic mass is 35.5. The van der Waals surface area contributed by atoms with E-state index in [0.29, 0.717) is 22.2 Å². The first kappa shape index (κ1) is 15.1. The Morgan fingerprint density at radius 3 is 2.42 bits per heavy atom. The average Bonchev–Trinajstić information content (AvgIpc) is 2.31. The second-order valence-electron chi connectivity index (χ2n) is 5.71. The summed E-state index contributed by atoms with van der Waals surface area (Å²) in [4.78, 5) is 0. The molecule has 19 heavy (non-hydrogen) atoms. The van der Waals surface area contributed by atoms with Crippen LogP contribution in [0.15, 0.2) is 18.2 Å². The number of ether oxygens (including phenoxy) is 1. The lowest BCUT2D eigenvalue weighted by Crippen LogP contribution is -2.60. The molecule has 2 unspecified atom stereocenters. The van der Waals surface area contributed by atoms with Gasteiger partial charge in [-0.1, -0.05) is 37.0 Å². The molecule has 1 aliphatic carbocycles. The molecule has 1 aromatic rings. The van der Waals surface area contributed by atoms with Crippen molar-refractivity contribution in [2.75, 3.05) is 6.61 Å². The summed E-state index contributed by atoms with van der Waals surface area (Å²) < 4.78 is 5.73. The molecule has 0 aliphatic heterocycles. The van der Waals surface area contributed by atoms with Gasteiger partial charge in [0.05, 0.1) is 6.10 Å². The van der Waals surface area contributed by atoms with Crippen molar-refractivity contribution in [3.8, 4) is 0 Å². The number of rotatable bonds is 5. The normalized spacial score (nSPS) is 25.1. The first-order chi connectivity index (χ1) is 8.93. The van der Waals surface area contributed by atoms with Crippen LogP contribution in [0.5, 0.6) is 0 Å². The third-order valence-electron chi connectivity index (χ3n) is 4.02. The van der Waals surface area contributed by atoms with Crippen molar-refractivity contribution in [3.05, 3.63) is 33.8 Å². The zero-order valence-electron chi connectivity index (χ0n) is 11.7. The van der Waals surface area contributed by atoms with Crippen molar-refractivity contribution >= 4 is 23.2 Å². The summed E-state index contributed by atoms with van der Waals surface area (Å²) in [6, 6.07) is 6.13. The van der Waals surface area contributed by atoms with Crippen LogP contribution < -0.4 is 5.32 Å². The predicted molar refractivity (Wildman–Crippen MR) is 80.9 cm³/mol. The zero-order valence-corrected chi connectivity index (χ0v) is 13.2. The van der Waals surface area contributed by atoms with E-state index in [1.807, 2.05) is 19.1 Å². The summed E-state index contributed by atoms with van der Waals surface area (Å²) in [7, 11) is 0. The molecule has 2 atom stereocenters. The van der Waals surface area contributed by atoms with E-state index in [0.717, 1.165) is 25.1 Å². The van der Waals surface area contributed by atoms with Crippen LogP contribution in [0.1, 0.15) is 32.8 Å². The van der Waals surface area contributed by atoms with Gasteiger partial charge in [-0.05, 0) is 37.1 Å². The van der Waals surface area contributed by atoms with Crippen molar-refractivity contribution < 1.29 is 4.74 Å². The molecule has 4 heteroatoms. The SMILES string of the molecule is CCOC1CC(NCc2cc(Cl)cc(Cl)c2)C1(C)C. The lowest BCUT2D eigenvalue weighted by atomic mass is 9.64. The van der Waals surface area contributed by atoms with Crippen molar-refractivity contribution in [2.45, 2.75) is 45.9 Å². The Morgan fingerprint density at radius 1 is 1.26 bits per heavy atom. The Balaban J connectivity index is 1.90. The Kier molecular flexibility index (Phi) is 4.78. The van der Waals surface area contributed by atoms with Gasteiger partial charge in [-0.15, -0.1) is 0 Å². The molecule has 0 heterocycles. The van der Waals surface area contributed by atoms with Gasteiger partial charge in [0.25, 0.3) is 0 Å². The van der Waals surface area contributed by atoms with E-state index in [4.69, 9.17) is 27.9 Å².